The van der Waals surface area contributed by atoms with Gasteiger partial charge >= 0.3 is 5.97 Å². The molecular weight excluding hydrogens is 278 g/mol. The highest BCUT2D eigenvalue weighted by Crippen LogP contribution is 2.28. The standard InChI is InChI=1S/C18H21NO3/c20-17(15-7-3-4-8-16(15)18(21)22)19-14-10-9-12-5-1-2-6-13(12)11-14/h3-4,9-11,15-16H,1-2,5-8H2,(H,19,20)(H,21,22)/t15-,16-/m1/s1. The van der Waals surface area contributed by atoms with E-state index in [1.807, 2.05) is 24.3 Å². The molecule has 0 radical (unpaired) electrons. The van der Waals surface area contributed by atoms with E-state index < -0.39 is 17.8 Å². The summed E-state index contributed by atoms with van der Waals surface area (Å²) >= 11 is 0. The fraction of sp³-hybridized carbons (Fsp3) is 0.444. The lowest BCUT2D eigenvalue weighted by Gasteiger charge is -2.24. The number of aliphatic carboxylic acids is 1. The first-order valence-electron chi connectivity index (χ1n) is 7.95. The molecule has 0 heterocycles. The Morgan fingerprint density at radius 1 is 1.00 bits per heavy atom. The van der Waals surface area contributed by atoms with E-state index in [0.717, 1.165) is 18.5 Å². The van der Waals surface area contributed by atoms with Gasteiger partial charge in [-0.05, 0) is 61.8 Å². The first-order chi connectivity index (χ1) is 10.6. The van der Waals surface area contributed by atoms with Gasteiger partial charge in [0, 0.05) is 5.69 Å². The van der Waals surface area contributed by atoms with Crippen molar-refractivity contribution in [3.8, 4) is 0 Å². The topological polar surface area (TPSA) is 66.4 Å². The molecule has 2 aliphatic rings. The Morgan fingerprint density at radius 2 is 1.68 bits per heavy atom. The Labute approximate surface area is 130 Å². The molecule has 4 nitrogen and oxygen atoms in total. The van der Waals surface area contributed by atoms with Crippen LogP contribution in [0, 0.1) is 11.8 Å². The molecule has 0 saturated carbocycles. The largest absolute Gasteiger partial charge is 0.481 e. The number of carboxylic acid groups (broad SMARTS) is 1. The van der Waals surface area contributed by atoms with Crippen molar-refractivity contribution in [2.24, 2.45) is 11.8 Å². The SMILES string of the molecule is O=C(O)[C@@H]1CC=CC[C@H]1C(=O)Nc1ccc2c(c1)CCCC2. The van der Waals surface area contributed by atoms with Crippen LogP contribution >= 0.6 is 0 Å². The summed E-state index contributed by atoms with van der Waals surface area (Å²) in [4.78, 5) is 23.7. The van der Waals surface area contributed by atoms with E-state index in [4.69, 9.17) is 0 Å². The second-order valence-corrected chi connectivity index (χ2v) is 6.17. The number of anilines is 1. The number of fused-ring (bicyclic) bond motifs is 1. The van der Waals surface area contributed by atoms with Crippen molar-refractivity contribution in [3.63, 3.8) is 0 Å². The number of hydrogen-bond acceptors (Lipinski definition) is 2. The molecule has 0 unspecified atom stereocenters. The molecule has 0 aromatic heterocycles. The van der Waals surface area contributed by atoms with Gasteiger partial charge in [-0.2, -0.15) is 0 Å². The van der Waals surface area contributed by atoms with Crippen molar-refractivity contribution < 1.29 is 14.7 Å². The van der Waals surface area contributed by atoms with Crippen LogP contribution in [0.1, 0.15) is 36.8 Å². The summed E-state index contributed by atoms with van der Waals surface area (Å²) in [5, 5.41) is 12.2. The lowest BCUT2D eigenvalue weighted by atomic mass is 9.82. The Morgan fingerprint density at radius 3 is 2.41 bits per heavy atom. The third-order valence-corrected chi connectivity index (χ3v) is 4.70. The molecule has 1 aromatic rings. The van der Waals surface area contributed by atoms with E-state index in [-0.39, 0.29) is 5.91 Å². The van der Waals surface area contributed by atoms with E-state index in [9.17, 15) is 14.7 Å². The second-order valence-electron chi connectivity index (χ2n) is 6.17. The van der Waals surface area contributed by atoms with Gasteiger partial charge < -0.3 is 10.4 Å². The van der Waals surface area contributed by atoms with Gasteiger partial charge in [-0.25, -0.2) is 0 Å². The number of rotatable bonds is 3. The molecule has 116 valence electrons. The van der Waals surface area contributed by atoms with E-state index in [2.05, 4.69) is 11.4 Å². The maximum atomic E-state index is 12.4. The zero-order valence-corrected chi connectivity index (χ0v) is 12.5. The first-order valence-corrected chi connectivity index (χ1v) is 7.95. The van der Waals surface area contributed by atoms with Crippen LogP contribution in [-0.2, 0) is 22.4 Å². The van der Waals surface area contributed by atoms with E-state index in [1.165, 1.54) is 24.0 Å². The molecule has 0 saturated heterocycles. The van der Waals surface area contributed by atoms with Crippen molar-refractivity contribution in [1.82, 2.24) is 0 Å². The maximum absolute atomic E-state index is 12.4. The van der Waals surface area contributed by atoms with Crippen LogP contribution in [0.15, 0.2) is 30.4 Å². The monoisotopic (exact) mass is 299 g/mol. The van der Waals surface area contributed by atoms with Gasteiger partial charge in [-0.15, -0.1) is 0 Å². The minimum absolute atomic E-state index is 0.187. The number of hydrogen-bond donors (Lipinski definition) is 2. The van der Waals surface area contributed by atoms with E-state index in [1.54, 1.807) is 0 Å². The fourth-order valence-corrected chi connectivity index (χ4v) is 3.42. The number of carboxylic acids is 1. The quantitative estimate of drug-likeness (QED) is 0.842. The van der Waals surface area contributed by atoms with Gasteiger partial charge in [0.05, 0.1) is 11.8 Å². The lowest BCUT2D eigenvalue weighted by molar-refractivity contribution is -0.146. The average Bonchev–Trinajstić information content (AvgIpc) is 2.54. The van der Waals surface area contributed by atoms with Crippen molar-refractivity contribution in [1.29, 1.82) is 0 Å². The predicted molar refractivity (Wildman–Crippen MR) is 84.7 cm³/mol. The minimum Gasteiger partial charge on any atom is -0.481 e. The highest BCUT2D eigenvalue weighted by molar-refractivity contribution is 5.95. The number of amides is 1. The predicted octanol–water partition coefficient (Wildman–Crippen LogP) is 3.17. The third kappa shape index (κ3) is 3.06. The van der Waals surface area contributed by atoms with Crippen molar-refractivity contribution in [2.45, 2.75) is 38.5 Å². The second kappa shape index (κ2) is 6.34. The summed E-state index contributed by atoms with van der Waals surface area (Å²) in [5.74, 6) is -2.19. The Kier molecular flexibility index (Phi) is 4.27. The molecule has 1 amide bonds. The molecule has 0 spiro atoms. The molecule has 2 aliphatic carbocycles. The summed E-state index contributed by atoms with van der Waals surface area (Å²) in [6.07, 6.45) is 9.26. The van der Waals surface area contributed by atoms with Gasteiger partial charge in [0.25, 0.3) is 0 Å². The molecule has 4 heteroatoms. The number of carbonyl (C=O) groups is 2. The summed E-state index contributed by atoms with van der Waals surface area (Å²) in [5.41, 5.74) is 3.46. The van der Waals surface area contributed by atoms with Gasteiger partial charge in [0.1, 0.15) is 0 Å². The number of aryl methyl sites for hydroxylation is 2. The van der Waals surface area contributed by atoms with Crippen molar-refractivity contribution in [2.75, 3.05) is 5.32 Å². The Hall–Kier alpha value is -2.10. The highest BCUT2D eigenvalue weighted by Gasteiger charge is 2.33. The third-order valence-electron chi connectivity index (χ3n) is 4.70. The molecule has 2 atom stereocenters. The molecule has 1 aromatic carbocycles. The fourth-order valence-electron chi connectivity index (χ4n) is 3.42. The van der Waals surface area contributed by atoms with E-state index >= 15 is 0 Å². The highest BCUT2D eigenvalue weighted by atomic mass is 16.4. The maximum Gasteiger partial charge on any atom is 0.307 e. The average molecular weight is 299 g/mol. The lowest BCUT2D eigenvalue weighted by Crippen LogP contribution is -2.34. The smallest absolute Gasteiger partial charge is 0.307 e. The number of carbonyl (C=O) groups excluding carboxylic acids is 1. The van der Waals surface area contributed by atoms with Gasteiger partial charge in [-0.1, -0.05) is 18.2 Å². The molecule has 0 fully saturated rings. The zero-order chi connectivity index (χ0) is 15.5. The summed E-state index contributed by atoms with van der Waals surface area (Å²) in [6, 6.07) is 6.05. The molecule has 2 N–H and O–H groups in total. The zero-order valence-electron chi connectivity index (χ0n) is 12.5. The molecule has 22 heavy (non-hydrogen) atoms. The van der Waals surface area contributed by atoms with Crippen LogP contribution in [-0.4, -0.2) is 17.0 Å². The normalized spacial score (nSPS) is 23.6. The van der Waals surface area contributed by atoms with Gasteiger partial charge in [0.15, 0.2) is 0 Å². The Balaban J connectivity index is 1.73. The Bertz CT molecular complexity index is 621. The van der Waals surface area contributed by atoms with Gasteiger partial charge in [0.2, 0.25) is 5.91 Å². The van der Waals surface area contributed by atoms with Crippen molar-refractivity contribution in [3.05, 3.63) is 41.5 Å². The molecule has 0 aliphatic heterocycles. The van der Waals surface area contributed by atoms with E-state index in [0.29, 0.717) is 12.8 Å². The van der Waals surface area contributed by atoms with Crippen LogP contribution < -0.4 is 5.32 Å². The van der Waals surface area contributed by atoms with Crippen LogP contribution in [0.25, 0.3) is 0 Å². The molecule has 3 rings (SSSR count). The van der Waals surface area contributed by atoms with Crippen molar-refractivity contribution >= 4 is 17.6 Å². The molecular formula is C18H21NO3. The number of allylic oxidation sites excluding steroid dienone is 2. The minimum atomic E-state index is -0.894. The number of nitrogens with one attached hydrogen (secondary N) is 1. The van der Waals surface area contributed by atoms with Crippen LogP contribution in [0.5, 0.6) is 0 Å². The van der Waals surface area contributed by atoms with Crippen LogP contribution in [0.4, 0.5) is 5.69 Å². The molecule has 0 bridgehead atoms. The van der Waals surface area contributed by atoms with Crippen LogP contribution in [0.3, 0.4) is 0 Å². The van der Waals surface area contributed by atoms with Gasteiger partial charge in [-0.3, -0.25) is 9.59 Å². The summed E-state index contributed by atoms with van der Waals surface area (Å²) in [6.45, 7) is 0. The first kappa shape index (κ1) is 14.8. The number of benzene rings is 1. The summed E-state index contributed by atoms with van der Waals surface area (Å²) < 4.78 is 0. The van der Waals surface area contributed by atoms with Crippen LogP contribution in [0.2, 0.25) is 0 Å². The summed E-state index contributed by atoms with van der Waals surface area (Å²) in [7, 11) is 0.